The van der Waals surface area contributed by atoms with Gasteiger partial charge in [-0.2, -0.15) is 0 Å². The van der Waals surface area contributed by atoms with Crippen LogP contribution < -0.4 is 16.1 Å². The molecule has 1 atom stereocenters. The average molecular weight is 291 g/mol. The summed E-state index contributed by atoms with van der Waals surface area (Å²) < 4.78 is 0. The van der Waals surface area contributed by atoms with Crippen LogP contribution in [0, 0.1) is 0 Å². The van der Waals surface area contributed by atoms with Gasteiger partial charge >= 0.3 is 6.03 Å². The summed E-state index contributed by atoms with van der Waals surface area (Å²) in [5.41, 5.74) is 4.80. The van der Waals surface area contributed by atoms with Crippen molar-refractivity contribution in [2.45, 2.75) is 6.04 Å². The van der Waals surface area contributed by atoms with Crippen LogP contribution in [-0.4, -0.2) is 17.8 Å². The first-order chi connectivity index (χ1) is 9.70. The third kappa shape index (κ3) is 2.81. The summed E-state index contributed by atoms with van der Waals surface area (Å²) in [5, 5.41) is 9.85. The van der Waals surface area contributed by atoms with Crippen LogP contribution in [0.15, 0.2) is 53.3 Å². The molecule has 20 heavy (non-hydrogen) atoms. The van der Waals surface area contributed by atoms with Crippen molar-refractivity contribution in [2.75, 3.05) is 5.32 Å². The number of rotatable bonds is 2. The molecule has 7 heteroatoms. The highest BCUT2D eigenvalue weighted by Gasteiger charge is 2.22. The standard InChI is InChI=1S/C13H11ClN4O2/c14-8-1-3-9(4-2-8)15-13(19)16-10-5-6-11-12(7-10)18-20-17-11/h1-7,12,18H,(H2,15,16,19). The number of hydrogen-bond donors (Lipinski definition) is 3. The van der Waals surface area contributed by atoms with Crippen LogP contribution in [0.1, 0.15) is 0 Å². The molecule has 3 N–H and O–H groups in total. The fourth-order valence-electron chi connectivity index (χ4n) is 1.83. The summed E-state index contributed by atoms with van der Waals surface area (Å²) in [6.07, 6.45) is 5.35. The fourth-order valence-corrected chi connectivity index (χ4v) is 1.95. The lowest BCUT2D eigenvalue weighted by Crippen LogP contribution is -2.33. The van der Waals surface area contributed by atoms with E-state index in [4.69, 9.17) is 16.5 Å². The Labute approximate surface area is 120 Å². The van der Waals surface area contributed by atoms with Gasteiger partial charge in [0.1, 0.15) is 11.8 Å². The predicted molar refractivity (Wildman–Crippen MR) is 76.3 cm³/mol. The van der Waals surface area contributed by atoms with Gasteiger partial charge in [-0.1, -0.05) is 16.8 Å². The highest BCUT2D eigenvalue weighted by atomic mass is 35.5. The van der Waals surface area contributed by atoms with Gasteiger partial charge in [0, 0.05) is 16.4 Å². The minimum absolute atomic E-state index is 0.133. The van der Waals surface area contributed by atoms with Crippen molar-refractivity contribution < 1.29 is 9.73 Å². The van der Waals surface area contributed by atoms with Crippen LogP contribution in [0.2, 0.25) is 5.02 Å². The molecule has 1 aromatic carbocycles. The highest BCUT2D eigenvalue weighted by Crippen LogP contribution is 2.14. The molecule has 102 valence electrons. The molecule has 1 heterocycles. The highest BCUT2D eigenvalue weighted by molar-refractivity contribution is 6.30. The van der Waals surface area contributed by atoms with E-state index >= 15 is 0 Å². The van der Waals surface area contributed by atoms with Crippen molar-refractivity contribution >= 4 is 29.0 Å². The number of benzene rings is 1. The summed E-state index contributed by atoms with van der Waals surface area (Å²) in [6.45, 7) is 0. The predicted octanol–water partition coefficient (Wildman–Crippen LogP) is 2.17. The van der Waals surface area contributed by atoms with Gasteiger partial charge in [-0.3, -0.25) is 4.94 Å². The summed E-state index contributed by atoms with van der Waals surface area (Å²) >= 11 is 5.78. The van der Waals surface area contributed by atoms with E-state index in [1.807, 2.05) is 6.08 Å². The topological polar surface area (TPSA) is 74.8 Å². The number of halogens is 1. The molecule has 6 nitrogen and oxygen atoms in total. The zero-order valence-electron chi connectivity index (χ0n) is 10.3. The Bertz CT molecular complexity index is 622. The number of hydrogen-bond acceptors (Lipinski definition) is 4. The SMILES string of the molecule is O=C(NC1=CC2NON=C2C=C1)Nc1ccc(Cl)cc1. The van der Waals surface area contributed by atoms with Crippen LogP contribution >= 0.6 is 11.6 Å². The molecule has 3 rings (SSSR count). The van der Waals surface area contributed by atoms with Crippen molar-refractivity contribution in [3.8, 4) is 0 Å². The first-order valence-corrected chi connectivity index (χ1v) is 6.31. The van der Waals surface area contributed by atoms with E-state index < -0.39 is 0 Å². The molecule has 2 aliphatic rings. The maximum absolute atomic E-state index is 11.8. The molecule has 0 radical (unpaired) electrons. The second kappa shape index (κ2) is 5.36. The molecule has 1 aliphatic heterocycles. The lowest BCUT2D eigenvalue weighted by atomic mass is 10.1. The normalized spacial score (nSPS) is 19.6. The van der Waals surface area contributed by atoms with E-state index in [1.165, 1.54) is 0 Å². The Kier molecular flexibility index (Phi) is 3.41. The van der Waals surface area contributed by atoms with Gasteiger partial charge in [-0.05, 0) is 42.5 Å². The number of oxime groups is 1. The third-order valence-electron chi connectivity index (χ3n) is 2.79. The Morgan fingerprint density at radius 3 is 2.85 bits per heavy atom. The number of allylic oxidation sites excluding steroid dienone is 1. The minimum Gasteiger partial charge on any atom is -0.308 e. The Morgan fingerprint density at radius 1 is 1.25 bits per heavy atom. The Hall–Kier alpha value is -2.31. The summed E-state index contributed by atoms with van der Waals surface area (Å²) in [6, 6.07) is 6.40. The zero-order valence-corrected chi connectivity index (χ0v) is 11.0. The van der Waals surface area contributed by atoms with Crippen molar-refractivity contribution in [3.05, 3.63) is 53.2 Å². The quantitative estimate of drug-likeness (QED) is 0.781. The minimum atomic E-state index is -0.331. The summed E-state index contributed by atoms with van der Waals surface area (Å²) in [4.78, 5) is 16.6. The molecule has 1 aliphatic carbocycles. The second-order valence-corrected chi connectivity index (χ2v) is 4.68. The lowest BCUT2D eigenvalue weighted by molar-refractivity contribution is 0.0670. The van der Waals surface area contributed by atoms with E-state index in [0.717, 1.165) is 5.71 Å². The van der Waals surface area contributed by atoms with E-state index in [9.17, 15) is 4.79 Å². The van der Waals surface area contributed by atoms with E-state index in [2.05, 4.69) is 21.3 Å². The van der Waals surface area contributed by atoms with Crippen LogP contribution in [0.25, 0.3) is 0 Å². The van der Waals surface area contributed by atoms with E-state index in [0.29, 0.717) is 16.4 Å². The summed E-state index contributed by atoms with van der Waals surface area (Å²) in [7, 11) is 0. The molecule has 0 saturated heterocycles. The number of anilines is 1. The van der Waals surface area contributed by atoms with Crippen molar-refractivity contribution in [1.82, 2.24) is 10.8 Å². The molecular formula is C13H11ClN4O2. The van der Waals surface area contributed by atoms with Gasteiger partial charge < -0.3 is 10.6 Å². The Morgan fingerprint density at radius 2 is 2.05 bits per heavy atom. The maximum Gasteiger partial charge on any atom is 0.323 e. The molecule has 0 fully saturated rings. The van der Waals surface area contributed by atoms with Gasteiger partial charge in [-0.25, -0.2) is 4.79 Å². The summed E-state index contributed by atoms with van der Waals surface area (Å²) in [5.74, 6) is 0. The monoisotopic (exact) mass is 290 g/mol. The maximum atomic E-state index is 11.8. The first-order valence-electron chi connectivity index (χ1n) is 5.93. The van der Waals surface area contributed by atoms with Crippen LogP contribution in [0.3, 0.4) is 0 Å². The number of carbonyl (C=O) groups is 1. The number of urea groups is 1. The van der Waals surface area contributed by atoms with Gasteiger partial charge in [0.15, 0.2) is 0 Å². The smallest absolute Gasteiger partial charge is 0.308 e. The van der Waals surface area contributed by atoms with Crippen LogP contribution in [-0.2, 0) is 4.94 Å². The number of fused-ring (bicyclic) bond motifs is 1. The van der Waals surface area contributed by atoms with Crippen molar-refractivity contribution in [2.24, 2.45) is 5.16 Å². The molecule has 1 unspecified atom stereocenters. The van der Waals surface area contributed by atoms with Crippen molar-refractivity contribution in [3.63, 3.8) is 0 Å². The number of nitrogens with zero attached hydrogens (tertiary/aromatic N) is 1. The van der Waals surface area contributed by atoms with E-state index in [1.54, 1.807) is 36.4 Å². The van der Waals surface area contributed by atoms with Gasteiger partial charge in [0.25, 0.3) is 0 Å². The Balaban J connectivity index is 1.61. The largest absolute Gasteiger partial charge is 0.323 e. The number of carbonyl (C=O) groups excluding carboxylic acids is 1. The molecule has 0 saturated carbocycles. The molecule has 0 spiro atoms. The van der Waals surface area contributed by atoms with Gasteiger partial charge in [-0.15, -0.1) is 5.48 Å². The molecule has 0 bridgehead atoms. The van der Waals surface area contributed by atoms with Gasteiger partial charge in [0.05, 0.1) is 0 Å². The van der Waals surface area contributed by atoms with E-state index in [-0.39, 0.29) is 12.1 Å². The molecule has 1 aromatic rings. The fraction of sp³-hybridized carbons (Fsp3) is 0.0769. The number of nitrogens with one attached hydrogen (secondary N) is 3. The average Bonchev–Trinajstić information content (AvgIpc) is 2.89. The lowest BCUT2D eigenvalue weighted by Gasteiger charge is -2.13. The van der Waals surface area contributed by atoms with Crippen LogP contribution in [0.4, 0.5) is 10.5 Å². The zero-order chi connectivity index (χ0) is 13.9. The first kappa shape index (κ1) is 12.7. The second-order valence-electron chi connectivity index (χ2n) is 4.24. The van der Waals surface area contributed by atoms with Crippen LogP contribution in [0.5, 0.6) is 0 Å². The molecular weight excluding hydrogens is 280 g/mol. The molecule has 2 amide bonds. The molecule has 0 aromatic heterocycles. The number of amides is 2. The third-order valence-corrected chi connectivity index (χ3v) is 3.04. The van der Waals surface area contributed by atoms with Crippen molar-refractivity contribution in [1.29, 1.82) is 0 Å². The van der Waals surface area contributed by atoms with Gasteiger partial charge in [0.2, 0.25) is 0 Å². The number of hydroxylamine groups is 1.